The van der Waals surface area contributed by atoms with Crippen molar-refractivity contribution in [2.45, 2.75) is 245 Å². The summed E-state index contributed by atoms with van der Waals surface area (Å²) >= 11 is 0. The van der Waals surface area contributed by atoms with Gasteiger partial charge in [0.15, 0.2) is 0 Å². The quantitative estimate of drug-likeness (QED) is 0.0219. The van der Waals surface area contributed by atoms with E-state index in [1.165, 1.54) is 192 Å². The fourth-order valence-corrected chi connectivity index (χ4v) is 7.30. The standard InChI is InChI=1S/C43H81NOP.2C2H6.U/c1-4-5-6-7-8-9-10-11-12-15-18-21-24-27-30-37-43(39-33-35-42(45-43)36-34-40-44(2)3)38-31-28-25-22-19-16-13-14-17-20-23-26-29-32-41-46;2*1-2;/h11-12,33,42H,4-10,15-32,34-41,46H2,1-3H3;2*1-2H3;/q-1;;;/b12-11-;;;. The summed E-state index contributed by atoms with van der Waals surface area (Å²) in [5.41, 5.74) is 0.112. The van der Waals surface area contributed by atoms with Gasteiger partial charge in [0.1, 0.15) is 0 Å². The average molecular weight is 957 g/mol. The van der Waals surface area contributed by atoms with Crippen LogP contribution in [0, 0.1) is 49.4 Å². The van der Waals surface area contributed by atoms with Gasteiger partial charge in [-0.2, -0.15) is 6.42 Å². The number of allylic oxidation sites excluding steroid dienone is 2. The summed E-state index contributed by atoms with van der Waals surface area (Å²) in [6, 6.07) is 0. The molecule has 51 heavy (non-hydrogen) atoms. The Morgan fingerprint density at radius 1 is 0.647 bits per heavy atom. The Hall–Kier alpha value is 0.702. The van der Waals surface area contributed by atoms with Crippen LogP contribution >= 0.6 is 9.24 Å². The summed E-state index contributed by atoms with van der Waals surface area (Å²) in [7, 11) is 7.21. The molecule has 1 heterocycles. The van der Waals surface area contributed by atoms with Gasteiger partial charge in [-0.15, -0.1) is 27.5 Å². The van der Waals surface area contributed by atoms with Crippen molar-refractivity contribution in [1.82, 2.24) is 4.90 Å². The van der Waals surface area contributed by atoms with Crippen molar-refractivity contribution in [2.24, 2.45) is 0 Å². The monoisotopic (exact) mass is 957 g/mol. The van der Waals surface area contributed by atoms with Crippen molar-refractivity contribution in [1.29, 1.82) is 0 Å². The van der Waals surface area contributed by atoms with Crippen LogP contribution in [0.4, 0.5) is 0 Å². The number of hydrogen-bond acceptors (Lipinski definition) is 2. The molecule has 2 nitrogen and oxygen atoms in total. The van der Waals surface area contributed by atoms with E-state index < -0.39 is 0 Å². The normalized spacial score (nSPS) is 16.8. The summed E-state index contributed by atoms with van der Waals surface area (Å²) in [6.45, 7) is 11.5. The smallest absolute Gasteiger partial charge is 0.0418 e. The average Bonchev–Trinajstić information content (AvgIpc) is 3.13. The maximum absolute atomic E-state index is 7.02. The predicted octanol–water partition coefficient (Wildman–Crippen LogP) is 15.5. The molecule has 0 amide bonds. The van der Waals surface area contributed by atoms with Crippen LogP contribution in [-0.2, 0) is 4.74 Å². The molecule has 3 atom stereocenters. The van der Waals surface area contributed by atoms with E-state index in [0.717, 1.165) is 19.3 Å². The fraction of sp³-hybridized carbons (Fsp3) is 0.894. The number of rotatable bonds is 32. The Kier molecular flexibility index (Phi) is 51.5. The first-order valence-corrected chi connectivity index (χ1v) is 23.4. The Morgan fingerprint density at radius 3 is 1.59 bits per heavy atom. The Balaban J connectivity index is -0.00000444. The van der Waals surface area contributed by atoms with Crippen LogP contribution in [0.2, 0.25) is 0 Å². The molecule has 1 aliphatic rings. The van der Waals surface area contributed by atoms with Crippen LogP contribution < -0.4 is 0 Å². The second-order valence-corrected chi connectivity index (χ2v) is 15.4. The molecule has 0 aromatic rings. The minimum atomic E-state index is 0. The van der Waals surface area contributed by atoms with Crippen LogP contribution in [0.5, 0.6) is 0 Å². The van der Waals surface area contributed by atoms with Crippen LogP contribution in [0.3, 0.4) is 0 Å². The maximum Gasteiger partial charge on any atom is 0.0418 e. The maximum atomic E-state index is 7.02. The molecular formula is C47H93NOPU-. The fourth-order valence-electron chi connectivity index (χ4n) is 7.01. The van der Waals surface area contributed by atoms with Crippen molar-refractivity contribution in [3.8, 4) is 11.8 Å². The number of hydrogen-bond donors (Lipinski definition) is 0. The first kappa shape index (κ1) is 56.0. The third-order valence-electron chi connectivity index (χ3n) is 9.95. The molecule has 0 saturated carbocycles. The minimum Gasteiger partial charge on any atom is -0.377 e. The Bertz CT molecular complexity index is 732. The molecule has 302 valence electrons. The summed E-state index contributed by atoms with van der Waals surface area (Å²) in [5.74, 6) is 6.87. The van der Waals surface area contributed by atoms with Gasteiger partial charge in [-0.05, 0) is 97.4 Å². The van der Waals surface area contributed by atoms with Crippen LogP contribution in [0.1, 0.15) is 234 Å². The second-order valence-electron chi connectivity index (χ2n) is 14.9. The molecule has 1 rings (SSSR count). The van der Waals surface area contributed by atoms with Gasteiger partial charge in [0.05, 0.1) is 0 Å². The van der Waals surface area contributed by atoms with Crippen molar-refractivity contribution >= 4 is 9.24 Å². The van der Waals surface area contributed by atoms with E-state index in [-0.39, 0.29) is 36.7 Å². The SMILES string of the molecule is CC.CC.CCCCCCCC/C=C\CCCCCCCC1(CCCCCCCC#CCCCCCCCP)C[CH-]CC(CCCN(C)C)O1.[U]. The van der Waals surface area contributed by atoms with Gasteiger partial charge in [0.2, 0.25) is 0 Å². The summed E-state index contributed by atoms with van der Waals surface area (Å²) < 4.78 is 7.02. The van der Waals surface area contributed by atoms with Gasteiger partial charge in [-0.25, -0.2) is 0 Å². The van der Waals surface area contributed by atoms with E-state index in [1.807, 2.05) is 27.7 Å². The zero-order valence-corrected chi connectivity index (χ0v) is 41.4. The molecular weight excluding hydrogens is 864 g/mol. The van der Waals surface area contributed by atoms with Gasteiger partial charge in [-0.1, -0.05) is 150 Å². The Labute approximate surface area is 350 Å². The van der Waals surface area contributed by atoms with Crippen LogP contribution in [0.15, 0.2) is 12.2 Å². The number of nitrogens with zero attached hydrogens (tertiary/aromatic N) is 1. The zero-order valence-electron chi connectivity index (χ0n) is 36.1. The summed E-state index contributed by atoms with van der Waals surface area (Å²) in [4.78, 5) is 2.31. The van der Waals surface area contributed by atoms with E-state index in [0.29, 0.717) is 6.10 Å². The van der Waals surface area contributed by atoms with Gasteiger partial charge in [-0.3, -0.25) is 0 Å². The largest absolute Gasteiger partial charge is 0.377 e. The van der Waals surface area contributed by atoms with Crippen LogP contribution in [-0.4, -0.2) is 43.4 Å². The molecule has 1 fully saturated rings. The summed E-state index contributed by atoms with van der Waals surface area (Å²) in [5, 5.41) is 0. The molecule has 0 N–H and O–H groups in total. The van der Waals surface area contributed by atoms with Crippen LogP contribution in [0.25, 0.3) is 0 Å². The summed E-state index contributed by atoms with van der Waals surface area (Å²) in [6.07, 6.45) is 49.9. The molecule has 0 aliphatic carbocycles. The van der Waals surface area contributed by atoms with Gasteiger partial charge < -0.3 is 16.1 Å². The molecule has 3 unspecified atom stereocenters. The predicted molar refractivity (Wildman–Crippen MR) is 233 cm³/mol. The minimum absolute atomic E-state index is 0. The molecule has 1 aliphatic heterocycles. The first-order valence-electron chi connectivity index (χ1n) is 22.6. The third-order valence-corrected chi connectivity index (χ3v) is 10.4. The van der Waals surface area contributed by atoms with E-state index in [1.54, 1.807) is 0 Å². The van der Waals surface area contributed by atoms with Gasteiger partial charge in [0, 0.05) is 55.7 Å². The van der Waals surface area contributed by atoms with Crippen molar-refractivity contribution in [3.05, 3.63) is 18.6 Å². The van der Waals surface area contributed by atoms with Crippen molar-refractivity contribution in [3.63, 3.8) is 0 Å². The van der Waals surface area contributed by atoms with Gasteiger partial charge in [0.25, 0.3) is 0 Å². The molecule has 0 bridgehead atoms. The van der Waals surface area contributed by atoms with E-state index in [4.69, 9.17) is 4.74 Å². The number of unbranched alkanes of at least 4 members (excludes halogenated alkanes) is 21. The van der Waals surface area contributed by atoms with Gasteiger partial charge >= 0.3 is 0 Å². The third kappa shape index (κ3) is 40.2. The zero-order chi connectivity index (χ0) is 37.2. The topological polar surface area (TPSA) is 12.5 Å². The number of ether oxygens (including phenoxy) is 1. The van der Waals surface area contributed by atoms with Crippen molar-refractivity contribution < 1.29 is 35.9 Å². The molecule has 4 heteroatoms. The molecule has 0 aromatic heterocycles. The molecule has 1 saturated heterocycles. The first-order chi connectivity index (χ1) is 24.6. The molecule has 0 radical (unpaired) electrons. The van der Waals surface area contributed by atoms with E-state index >= 15 is 0 Å². The molecule has 0 aromatic carbocycles. The molecule has 0 spiro atoms. The second kappa shape index (κ2) is 46.9. The van der Waals surface area contributed by atoms with E-state index in [9.17, 15) is 0 Å². The Morgan fingerprint density at radius 2 is 1.10 bits per heavy atom. The van der Waals surface area contributed by atoms with Crippen molar-refractivity contribution in [2.75, 3.05) is 26.8 Å². The van der Waals surface area contributed by atoms with E-state index in [2.05, 4.69) is 65.6 Å².